The number of aromatic nitrogens is 1. The van der Waals surface area contributed by atoms with Crippen molar-refractivity contribution in [1.29, 1.82) is 0 Å². The molecule has 0 amide bonds. The first-order valence-electron chi connectivity index (χ1n) is 14.3. The topological polar surface area (TPSA) is 11.4 Å². The average Bonchev–Trinajstić information content (AvgIpc) is 3.21. The first kappa shape index (κ1) is 26.9. The van der Waals surface area contributed by atoms with Gasteiger partial charge in [0, 0.05) is 66.6 Å². The number of anilines is 2. The van der Waals surface area contributed by atoms with Crippen LogP contribution in [0.1, 0.15) is 75.8 Å². The molecule has 0 N–H and O–H groups in total. The van der Waals surface area contributed by atoms with Crippen molar-refractivity contribution in [3.05, 3.63) is 95.2 Å². The molecule has 0 aliphatic carbocycles. The van der Waals surface area contributed by atoms with Gasteiger partial charge < -0.3 is 14.4 Å². The van der Waals surface area contributed by atoms with Gasteiger partial charge in [0.1, 0.15) is 0 Å². The van der Waals surface area contributed by atoms with Crippen molar-refractivity contribution < 1.29 is 0 Å². The van der Waals surface area contributed by atoms with E-state index >= 15 is 0 Å². The highest BCUT2D eigenvalue weighted by Gasteiger charge is 2.25. The Morgan fingerprint density at radius 3 is 1.59 bits per heavy atom. The number of hydrogen-bond acceptors (Lipinski definition) is 2. The largest absolute Gasteiger partial charge is 0.372 e. The van der Waals surface area contributed by atoms with Crippen LogP contribution >= 0.6 is 0 Å². The Hall–Kier alpha value is -3.20. The smallest absolute Gasteiger partial charge is 0.0485 e. The van der Waals surface area contributed by atoms with Gasteiger partial charge in [-0.05, 0) is 88.1 Å². The Balaban J connectivity index is 1.89. The minimum absolute atomic E-state index is 0.185. The molecular formula is C34H45N3. The van der Waals surface area contributed by atoms with Gasteiger partial charge in [-0.2, -0.15) is 0 Å². The molecule has 3 aromatic carbocycles. The second-order valence-electron chi connectivity index (χ2n) is 9.98. The van der Waals surface area contributed by atoms with Gasteiger partial charge in [0.05, 0.1) is 0 Å². The van der Waals surface area contributed by atoms with Crippen molar-refractivity contribution in [3.63, 3.8) is 0 Å². The molecular weight excluding hydrogens is 450 g/mol. The number of benzene rings is 3. The van der Waals surface area contributed by atoms with Crippen LogP contribution in [-0.4, -0.2) is 30.7 Å². The third kappa shape index (κ3) is 5.42. The van der Waals surface area contributed by atoms with Crippen LogP contribution in [-0.2, 0) is 6.54 Å². The number of fused-ring (bicyclic) bond motifs is 1. The molecule has 0 aliphatic heterocycles. The van der Waals surface area contributed by atoms with E-state index in [0.29, 0.717) is 0 Å². The minimum atomic E-state index is 0.185. The van der Waals surface area contributed by atoms with Gasteiger partial charge in [0.2, 0.25) is 0 Å². The van der Waals surface area contributed by atoms with Crippen LogP contribution in [0.4, 0.5) is 11.4 Å². The maximum atomic E-state index is 2.55. The van der Waals surface area contributed by atoms with Gasteiger partial charge in [-0.15, -0.1) is 0 Å². The molecule has 0 saturated carbocycles. The van der Waals surface area contributed by atoms with Crippen molar-refractivity contribution in [2.75, 3.05) is 36.0 Å². The zero-order valence-corrected chi connectivity index (χ0v) is 23.8. The van der Waals surface area contributed by atoms with E-state index < -0.39 is 0 Å². The molecule has 1 aromatic heterocycles. The first-order valence-corrected chi connectivity index (χ1v) is 14.3. The van der Waals surface area contributed by atoms with E-state index in [-0.39, 0.29) is 5.92 Å². The number of rotatable bonds is 12. The van der Waals surface area contributed by atoms with Gasteiger partial charge in [0.15, 0.2) is 0 Å². The van der Waals surface area contributed by atoms with Crippen molar-refractivity contribution >= 4 is 22.3 Å². The quantitative estimate of drug-likeness (QED) is 0.195. The van der Waals surface area contributed by atoms with E-state index in [9.17, 15) is 0 Å². The third-order valence-corrected chi connectivity index (χ3v) is 8.01. The zero-order valence-electron chi connectivity index (χ0n) is 23.8. The predicted octanol–water partition coefficient (Wildman–Crippen LogP) is 8.62. The molecule has 1 heterocycles. The second kappa shape index (κ2) is 12.4. The van der Waals surface area contributed by atoms with Crippen molar-refractivity contribution in [3.8, 4) is 0 Å². The Kier molecular flexibility index (Phi) is 8.97. The normalized spacial score (nSPS) is 11.4. The molecule has 0 aliphatic rings. The van der Waals surface area contributed by atoms with E-state index in [4.69, 9.17) is 0 Å². The monoisotopic (exact) mass is 495 g/mol. The molecule has 3 nitrogen and oxygen atoms in total. The van der Waals surface area contributed by atoms with Crippen molar-refractivity contribution in [2.45, 2.75) is 66.8 Å². The van der Waals surface area contributed by atoms with Crippen LogP contribution in [0.3, 0.4) is 0 Å². The zero-order chi connectivity index (χ0) is 26.4. The Morgan fingerprint density at radius 2 is 1.14 bits per heavy atom. The summed E-state index contributed by atoms with van der Waals surface area (Å²) < 4.78 is 2.55. The lowest BCUT2D eigenvalue weighted by atomic mass is 9.83. The summed E-state index contributed by atoms with van der Waals surface area (Å²) in [5, 5.41) is 1.38. The molecule has 0 bridgehead atoms. The van der Waals surface area contributed by atoms with Crippen LogP contribution in [0.25, 0.3) is 10.9 Å². The van der Waals surface area contributed by atoms with Gasteiger partial charge >= 0.3 is 0 Å². The Labute approximate surface area is 224 Å². The summed E-state index contributed by atoms with van der Waals surface area (Å²) in [6, 6.07) is 27.7. The summed E-state index contributed by atoms with van der Waals surface area (Å²) in [5.74, 6) is 0.185. The maximum absolute atomic E-state index is 2.55. The minimum Gasteiger partial charge on any atom is -0.372 e. The molecule has 0 spiro atoms. The average molecular weight is 496 g/mol. The van der Waals surface area contributed by atoms with Crippen LogP contribution in [0, 0.1) is 6.92 Å². The highest BCUT2D eigenvalue weighted by Crippen LogP contribution is 2.41. The standard InChI is InChI=1S/C34H45N3/c1-7-12-25-37-26(6)33(31-15-13-14-16-32(31)37)34(27-17-21-29(22-18-27)35(8-2)9-3)28-19-23-30(24-20-28)36(10-4)11-5/h13-24,34H,7-12,25H2,1-6H3. The maximum Gasteiger partial charge on any atom is 0.0485 e. The molecule has 0 fully saturated rings. The lowest BCUT2D eigenvalue weighted by Crippen LogP contribution is -2.22. The van der Waals surface area contributed by atoms with E-state index in [2.05, 4.69) is 129 Å². The fourth-order valence-electron chi connectivity index (χ4n) is 5.88. The lowest BCUT2D eigenvalue weighted by molar-refractivity contribution is 0.634. The van der Waals surface area contributed by atoms with Crippen LogP contribution in [0.15, 0.2) is 72.8 Å². The van der Waals surface area contributed by atoms with E-state index in [1.165, 1.54) is 57.5 Å². The molecule has 0 saturated heterocycles. The van der Waals surface area contributed by atoms with E-state index in [1.54, 1.807) is 0 Å². The number of para-hydroxylation sites is 1. The van der Waals surface area contributed by atoms with Crippen LogP contribution < -0.4 is 9.80 Å². The molecule has 196 valence electrons. The Morgan fingerprint density at radius 1 is 0.649 bits per heavy atom. The van der Waals surface area contributed by atoms with Gasteiger partial charge in [0.25, 0.3) is 0 Å². The highest BCUT2D eigenvalue weighted by atomic mass is 15.1. The summed E-state index contributed by atoms with van der Waals surface area (Å²) in [6.07, 6.45) is 2.39. The summed E-state index contributed by atoms with van der Waals surface area (Å²) in [5.41, 5.74) is 9.49. The fourth-order valence-corrected chi connectivity index (χ4v) is 5.88. The summed E-state index contributed by atoms with van der Waals surface area (Å²) in [4.78, 5) is 4.83. The van der Waals surface area contributed by atoms with Gasteiger partial charge in [-0.25, -0.2) is 0 Å². The van der Waals surface area contributed by atoms with Gasteiger partial charge in [-0.3, -0.25) is 0 Å². The van der Waals surface area contributed by atoms with Gasteiger partial charge in [-0.1, -0.05) is 55.8 Å². The molecule has 0 unspecified atom stereocenters. The molecule has 0 atom stereocenters. The fraction of sp³-hybridized carbons (Fsp3) is 0.412. The third-order valence-electron chi connectivity index (χ3n) is 8.01. The van der Waals surface area contributed by atoms with Crippen LogP contribution in [0.2, 0.25) is 0 Å². The van der Waals surface area contributed by atoms with Crippen LogP contribution in [0.5, 0.6) is 0 Å². The molecule has 4 aromatic rings. The van der Waals surface area contributed by atoms with E-state index in [0.717, 1.165) is 32.7 Å². The summed E-state index contributed by atoms with van der Waals surface area (Å²) >= 11 is 0. The number of hydrogen-bond donors (Lipinski definition) is 0. The molecule has 3 heteroatoms. The molecule has 4 rings (SSSR count). The molecule has 37 heavy (non-hydrogen) atoms. The van der Waals surface area contributed by atoms with E-state index in [1.807, 2.05) is 0 Å². The van der Waals surface area contributed by atoms with Crippen molar-refractivity contribution in [1.82, 2.24) is 4.57 Å². The number of nitrogens with zero attached hydrogens (tertiary/aromatic N) is 3. The summed E-state index contributed by atoms with van der Waals surface area (Å²) in [6.45, 7) is 18.7. The SMILES string of the molecule is CCCCn1c(C)c(C(c2ccc(N(CC)CC)cc2)c2ccc(N(CC)CC)cc2)c2ccccc21. The molecule has 0 radical (unpaired) electrons. The highest BCUT2D eigenvalue weighted by molar-refractivity contribution is 5.87. The number of aryl methyl sites for hydroxylation is 1. The summed E-state index contributed by atoms with van der Waals surface area (Å²) in [7, 11) is 0. The second-order valence-corrected chi connectivity index (χ2v) is 9.98. The number of unbranched alkanes of at least 4 members (excludes halogenated alkanes) is 1. The first-order chi connectivity index (χ1) is 18.1. The Bertz CT molecular complexity index is 1200. The predicted molar refractivity (Wildman–Crippen MR) is 163 cm³/mol. The lowest BCUT2D eigenvalue weighted by Gasteiger charge is -2.25. The van der Waals surface area contributed by atoms with Crippen molar-refractivity contribution in [2.24, 2.45) is 0 Å².